The molecule has 0 aliphatic heterocycles. The molecule has 0 aliphatic rings. The Hall–Kier alpha value is -2.67. The van der Waals surface area contributed by atoms with Crippen molar-refractivity contribution >= 4 is 19.8 Å². The minimum absolute atomic E-state index is 0.00482. The first-order valence-corrected chi connectivity index (χ1v) is 22.5. The molecule has 0 radical (unpaired) electrons. The molecule has 57 heavy (non-hydrogen) atoms. The van der Waals surface area contributed by atoms with E-state index in [4.69, 9.17) is 19.1 Å². The predicted molar refractivity (Wildman–Crippen MR) is 226 cm³/mol. The van der Waals surface area contributed by atoms with E-state index in [1.807, 2.05) is 49.5 Å². The lowest BCUT2D eigenvalue weighted by Crippen LogP contribution is -2.29. The maximum absolute atomic E-state index is 12.6. The van der Waals surface area contributed by atoms with E-state index in [-0.39, 0.29) is 19.4 Å². The molecular weight excluding hydrogens is 751 g/mol. The number of allylic oxidation sites excluding steroid dienone is 8. The molecule has 5 N–H and O–H groups in total. The summed E-state index contributed by atoms with van der Waals surface area (Å²) in [7, 11) is -4.67. The predicted octanol–water partition coefficient (Wildman–Crippen LogP) is 8.68. The zero-order chi connectivity index (χ0) is 42.4. The van der Waals surface area contributed by atoms with Crippen LogP contribution in [-0.2, 0) is 32.7 Å². The van der Waals surface area contributed by atoms with Crippen LogP contribution in [0, 0.1) is 5.92 Å². The SMILES string of the molecule is CC/C=C\C[C@H](O)/C=C/C=C\C/C=C\C=C\[C@H](O)/C=C\CCCC(=O)O[C@H](COC(=O)CCCCCCCCCCCCC(C)C)COP(=O)(O)OC[C@@H](O)CO. The van der Waals surface area contributed by atoms with Crippen molar-refractivity contribution in [3.63, 3.8) is 0 Å². The quantitative estimate of drug-likeness (QED) is 0.0132. The Morgan fingerprint density at radius 1 is 0.667 bits per heavy atom. The Bertz CT molecular complexity index is 1230. The molecule has 0 aromatic heterocycles. The van der Waals surface area contributed by atoms with Gasteiger partial charge in [0.1, 0.15) is 12.7 Å². The molecule has 0 aliphatic carbocycles. The molecule has 328 valence electrons. The number of ether oxygens (including phenoxy) is 2. The molecule has 0 saturated carbocycles. The fourth-order valence-corrected chi connectivity index (χ4v) is 6.00. The third-order valence-corrected chi connectivity index (χ3v) is 9.43. The van der Waals surface area contributed by atoms with Crippen LogP contribution in [0.2, 0.25) is 0 Å². The highest BCUT2D eigenvalue weighted by molar-refractivity contribution is 7.47. The number of carbonyl (C=O) groups is 2. The van der Waals surface area contributed by atoms with Crippen molar-refractivity contribution in [3.8, 4) is 0 Å². The number of carbonyl (C=O) groups excluding carboxylic acids is 2. The summed E-state index contributed by atoms with van der Waals surface area (Å²) in [6.45, 7) is 4.24. The highest BCUT2D eigenvalue weighted by atomic mass is 31.2. The second kappa shape index (κ2) is 37.6. The van der Waals surface area contributed by atoms with Crippen LogP contribution in [0.25, 0.3) is 0 Å². The highest BCUT2D eigenvalue weighted by Crippen LogP contribution is 2.43. The summed E-state index contributed by atoms with van der Waals surface area (Å²) in [6.07, 6.45) is 33.8. The number of phosphoric ester groups is 1. The fourth-order valence-electron chi connectivity index (χ4n) is 5.21. The summed E-state index contributed by atoms with van der Waals surface area (Å²) in [5.41, 5.74) is 0. The molecule has 0 aromatic rings. The lowest BCUT2D eigenvalue weighted by molar-refractivity contribution is -0.161. The second-order valence-corrected chi connectivity index (χ2v) is 16.0. The maximum atomic E-state index is 12.6. The first-order chi connectivity index (χ1) is 27.4. The number of aliphatic hydroxyl groups is 4. The maximum Gasteiger partial charge on any atom is 0.472 e. The number of phosphoric acid groups is 1. The summed E-state index contributed by atoms with van der Waals surface area (Å²) in [5.74, 6) is -0.340. The van der Waals surface area contributed by atoms with Crippen molar-refractivity contribution in [1.29, 1.82) is 0 Å². The largest absolute Gasteiger partial charge is 0.472 e. The van der Waals surface area contributed by atoms with E-state index in [9.17, 15) is 34.4 Å². The molecule has 0 fully saturated rings. The first-order valence-electron chi connectivity index (χ1n) is 21.0. The van der Waals surface area contributed by atoms with Gasteiger partial charge >= 0.3 is 19.8 Å². The summed E-state index contributed by atoms with van der Waals surface area (Å²) in [5, 5.41) is 38.3. The Labute approximate surface area is 343 Å². The molecule has 12 nitrogen and oxygen atoms in total. The molecule has 1 unspecified atom stereocenters. The van der Waals surface area contributed by atoms with E-state index in [2.05, 4.69) is 18.4 Å². The van der Waals surface area contributed by atoms with Crippen LogP contribution in [0.3, 0.4) is 0 Å². The van der Waals surface area contributed by atoms with Crippen LogP contribution in [0.5, 0.6) is 0 Å². The molecule has 0 aromatic carbocycles. The van der Waals surface area contributed by atoms with Crippen molar-refractivity contribution in [3.05, 3.63) is 72.9 Å². The van der Waals surface area contributed by atoms with Gasteiger partial charge in [-0.1, -0.05) is 158 Å². The van der Waals surface area contributed by atoms with Gasteiger partial charge in [0, 0.05) is 12.8 Å². The van der Waals surface area contributed by atoms with Gasteiger partial charge in [-0.3, -0.25) is 18.6 Å². The van der Waals surface area contributed by atoms with Gasteiger partial charge in [-0.15, -0.1) is 0 Å². The third kappa shape index (κ3) is 38.6. The molecule has 5 atom stereocenters. The number of hydrogen-bond donors (Lipinski definition) is 5. The first kappa shape index (κ1) is 54.3. The van der Waals surface area contributed by atoms with E-state index in [0.29, 0.717) is 32.1 Å². The molecular formula is C44H75O12P. The van der Waals surface area contributed by atoms with Crippen molar-refractivity contribution in [2.75, 3.05) is 26.4 Å². The van der Waals surface area contributed by atoms with Crippen molar-refractivity contribution in [1.82, 2.24) is 0 Å². The normalized spacial score (nSPS) is 15.8. The molecule has 0 amide bonds. The van der Waals surface area contributed by atoms with Crippen LogP contribution in [0.4, 0.5) is 0 Å². The number of aliphatic hydroxyl groups excluding tert-OH is 4. The average Bonchev–Trinajstić information content (AvgIpc) is 3.17. The van der Waals surface area contributed by atoms with E-state index in [0.717, 1.165) is 31.6 Å². The van der Waals surface area contributed by atoms with Gasteiger partial charge in [0.25, 0.3) is 0 Å². The minimum Gasteiger partial charge on any atom is -0.462 e. The topological polar surface area (TPSA) is 189 Å². The van der Waals surface area contributed by atoms with Gasteiger partial charge in [0.2, 0.25) is 0 Å². The van der Waals surface area contributed by atoms with Gasteiger partial charge in [0.05, 0.1) is 32.0 Å². The number of esters is 2. The fraction of sp³-hybridized carbons (Fsp3) is 0.682. The van der Waals surface area contributed by atoms with Crippen molar-refractivity contribution < 1.29 is 58.0 Å². The molecule has 0 bridgehead atoms. The van der Waals surface area contributed by atoms with Crippen LogP contribution in [0.1, 0.15) is 136 Å². The Morgan fingerprint density at radius 2 is 1.26 bits per heavy atom. The van der Waals surface area contributed by atoms with E-state index in [1.165, 1.54) is 44.9 Å². The molecule has 0 heterocycles. The van der Waals surface area contributed by atoms with E-state index >= 15 is 0 Å². The molecule has 0 saturated heterocycles. The monoisotopic (exact) mass is 826 g/mol. The van der Waals surface area contributed by atoms with Crippen LogP contribution in [0.15, 0.2) is 72.9 Å². The molecule has 0 rings (SSSR count). The van der Waals surface area contributed by atoms with Crippen LogP contribution >= 0.6 is 7.82 Å². The number of unbranched alkanes of at least 4 members (excludes halogenated alkanes) is 10. The van der Waals surface area contributed by atoms with Gasteiger partial charge in [0.15, 0.2) is 6.10 Å². The summed E-state index contributed by atoms with van der Waals surface area (Å²) in [4.78, 5) is 34.9. The zero-order valence-corrected chi connectivity index (χ0v) is 35.8. The minimum atomic E-state index is -4.67. The third-order valence-electron chi connectivity index (χ3n) is 8.48. The molecule has 0 spiro atoms. The van der Waals surface area contributed by atoms with Crippen molar-refractivity contribution in [2.24, 2.45) is 5.92 Å². The zero-order valence-electron chi connectivity index (χ0n) is 34.9. The van der Waals surface area contributed by atoms with Crippen molar-refractivity contribution in [2.45, 2.75) is 161 Å². The smallest absolute Gasteiger partial charge is 0.462 e. The lowest BCUT2D eigenvalue weighted by atomic mass is 10.0. The number of rotatable bonds is 37. The second-order valence-electron chi connectivity index (χ2n) is 14.5. The van der Waals surface area contributed by atoms with Crippen LogP contribution in [-0.4, -0.2) is 88.1 Å². The average molecular weight is 827 g/mol. The summed E-state index contributed by atoms with van der Waals surface area (Å²) in [6, 6.07) is 0. The van der Waals surface area contributed by atoms with Gasteiger partial charge in [-0.2, -0.15) is 0 Å². The van der Waals surface area contributed by atoms with E-state index < -0.39 is 64.0 Å². The van der Waals surface area contributed by atoms with Gasteiger partial charge in [-0.05, 0) is 44.4 Å². The van der Waals surface area contributed by atoms with Gasteiger partial charge in [-0.25, -0.2) is 4.57 Å². The lowest BCUT2D eigenvalue weighted by Gasteiger charge is -2.20. The standard InChI is InChI=1S/C44H75O12P/c1-4-5-20-28-39(46)29-22-16-12-10-13-17-23-30-40(47)31-24-19-26-33-44(50)56-42(37-55-57(51,52)54-35-41(48)34-45)36-53-43(49)32-25-18-14-9-7-6-8-11-15-21-27-38(2)3/h5,12-13,16-17,20,22-24,29-31,38-42,45-48H,4,6-11,14-15,18-19,21,25-28,32-37H2,1-3H3,(H,51,52)/b16-12-,17-13-,20-5-,29-22+,30-23+,31-24-/t39-,40-,41-,42+/m0/s1. The van der Waals surface area contributed by atoms with E-state index in [1.54, 1.807) is 30.4 Å². The Kier molecular flexibility index (Phi) is 35.8. The number of hydrogen-bond acceptors (Lipinski definition) is 11. The summed E-state index contributed by atoms with van der Waals surface area (Å²) >= 11 is 0. The Balaban J connectivity index is 4.60. The van der Waals surface area contributed by atoms with Crippen LogP contribution < -0.4 is 0 Å². The Morgan fingerprint density at radius 3 is 1.89 bits per heavy atom. The summed E-state index contributed by atoms with van der Waals surface area (Å²) < 4.78 is 32.5. The highest BCUT2D eigenvalue weighted by Gasteiger charge is 2.27. The molecule has 13 heteroatoms. The van der Waals surface area contributed by atoms with Gasteiger partial charge < -0.3 is 34.8 Å².